The molecule has 0 unspecified atom stereocenters. The smallest absolute Gasteiger partial charge is 0.408 e. The quantitative estimate of drug-likeness (QED) is 0.636. The van der Waals surface area contributed by atoms with E-state index in [9.17, 15) is 9.59 Å². The molecule has 96 valence electrons. The maximum atomic E-state index is 11.4. The Hall–Kier alpha value is -2.30. The summed E-state index contributed by atoms with van der Waals surface area (Å²) in [5, 5.41) is 2.33. The number of rotatable bonds is 5. The van der Waals surface area contributed by atoms with Crippen molar-refractivity contribution >= 4 is 12.1 Å². The first-order chi connectivity index (χ1) is 8.67. The average Bonchev–Trinajstić information content (AvgIpc) is 2.42. The van der Waals surface area contributed by atoms with Crippen molar-refractivity contribution in [1.29, 1.82) is 0 Å². The van der Waals surface area contributed by atoms with E-state index in [1.165, 1.54) is 13.2 Å². The largest absolute Gasteiger partial charge is 0.467 e. The number of ether oxygens (including phenoxy) is 2. The molecule has 0 saturated heterocycles. The number of benzene rings is 1. The SMILES string of the molecule is C=C[C@H](NC(=O)OCc1ccccc1)C(=O)OC. The number of alkyl carbamates (subject to hydrolysis) is 1. The number of methoxy groups -OCH3 is 1. The summed E-state index contributed by atoms with van der Waals surface area (Å²) in [5.41, 5.74) is 0.862. The van der Waals surface area contributed by atoms with Gasteiger partial charge in [0.1, 0.15) is 12.6 Å². The highest BCUT2D eigenvalue weighted by molar-refractivity contribution is 5.82. The molecule has 5 nitrogen and oxygen atoms in total. The highest BCUT2D eigenvalue weighted by Crippen LogP contribution is 2.01. The molecule has 0 aliphatic rings. The average molecular weight is 249 g/mol. The molecule has 1 aromatic carbocycles. The second kappa shape index (κ2) is 7.11. The second-order valence-electron chi connectivity index (χ2n) is 3.44. The van der Waals surface area contributed by atoms with Crippen molar-refractivity contribution in [2.24, 2.45) is 0 Å². The highest BCUT2D eigenvalue weighted by Gasteiger charge is 2.18. The maximum absolute atomic E-state index is 11.4. The minimum absolute atomic E-state index is 0.137. The van der Waals surface area contributed by atoms with Crippen molar-refractivity contribution in [1.82, 2.24) is 5.32 Å². The summed E-state index contributed by atoms with van der Waals surface area (Å²) in [6, 6.07) is 8.32. The standard InChI is InChI=1S/C13H15NO4/c1-3-11(12(15)17-2)14-13(16)18-9-10-7-5-4-6-8-10/h3-8,11H,1,9H2,2H3,(H,14,16)/t11-/m0/s1. The predicted octanol–water partition coefficient (Wildman–Crippen LogP) is 1.64. The van der Waals surface area contributed by atoms with E-state index < -0.39 is 18.1 Å². The van der Waals surface area contributed by atoms with Crippen LogP contribution < -0.4 is 5.32 Å². The number of nitrogens with one attached hydrogen (secondary N) is 1. The van der Waals surface area contributed by atoms with Gasteiger partial charge in [-0.2, -0.15) is 0 Å². The van der Waals surface area contributed by atoms with Crippen LogP contribution in [0.2, 0.25) is 0 Å². The molecule has 1 N–H and O–H groups in total. The molecule has 0 aliphatic carbocycles. The van der Waals surface area contributed by atoms with E-state index in [-0.39, 0.29) is 6.61 Å². The van der Waals surface area contributed by atoms with E-state index in [2.05, 4.69) is 16.6 Å². The Morgan fingerprint density at radius 2 is 2.06 bits per heavy atom. The van der Waals surface area contributed by atoms with Crippen LogP contribution in [0.5, 0.6) is 0 Å². The summed E-state index contributed by atoms with van der Waals surface area (Å²) in [6.07, 6.45) is 0.574. The van der Waals surface area contributed by atoms with E-state index in [1.807, 2.05) is 30.3 Å². The van der Waals surface area contributed by atoms with Crippen LogP contribution in [0.15, 0.2) is 43.0 Å². The van der Waals surface area contributed by atoms with Crippen LogP contribution in [-0.2, 0) is 20.9 Å². The highest BCUT2D eigenvalue weighted by atomic mass is 16.6. The van der Waals surface area contributed by atoms with Crippen LogP contribution in [0.25, 0.3) is 0 Å². The van der Waals surface area contributed by atoms with Crippen molar-refractivity contribution in [2.45, 2.75) is 12.6 Å². The lowest BCUT2D eigenvalue weighted by atomic mass is 10.2. The zero-order valence-corrected chi connectivity index (χ0v) is 10.1. The lowest BCUT2D eigenvalue weighted by Crippen LogP contribution is -2.40. The zero-order valence-electron chi connectivity index (χ0n) is 10.1. The summed E-state index contributed by atoms with van der Waals surface area (Å²) in [5.74, 6) is -0.596. The molecule has 0 aliphatic heterocycles. The van der Waals surface area contributed by atoms with Gasteiger partial charge in [-0.25, -0.2) is 9.59 Å². The van der Waals surface area contributed by atoms with Gasteiger partial charge in [0.05, 0.1) is 7.11 Å². The van der Waals surface area contributed by atoms with Crippen molar-refractivity contribution < 1.29 is 19.1 Å². The molecule has 1 rings (SSSR count). The molecule has 1 aromatic rings. The zero-order chi connectivity index (χ0) is 13.4. The Balaban J connectivity index is 2.42. The third kappa shape index (κ3) is 4.29. The van der Waals surface area contributed by atoms with Gasteiger partial charge >= 0.3 is 12.1 Å². The third-order valence-electron chi connectivity index (χ3n) is 2.18. The molecule has 0 fully saturated rings. The van der Waals surface area contributed by atoms with Gasteiger partial charge in [0, 0.05) is 0 Å². The minimum Gasteiger partial charge on any atom is -0.467 e. The molecule has 0 aromatic heterocycles. The molecule has 0 bridgehead atoms. The maximum Gasteiger partial charge on any atom is 0.408 e. The van der Waals surface area contributed by atoms with Gasteiger partial charge in [0.2, 0.25) is 0 Å². The lowest BCUT2D eigenvalue weighted by Gasteiger charge is -2.12. The summed E-state index contributed by atoms with van der Waals surface area (Å²) >= 11 is 0. The van der Waals surface area contributed by atoms with E-state index >= 15 is 0 Å². The fourth-order valence-corrected chi connectivity index (χ4v) is 1.23. The van der Waals surface area contributed by atoms with Gasteiger partial charge in [-0.3, -0.25) is 0 Å². The van der Waals surface area contributed by atoms with Crippen LogP contribution in [0.3, 0.4) is 0 Å². The van der Waals surface area contributed by atoms with E-state index in [1.54, 1.807) is 0 Å². The van der Waals surface area contributed by atoms with Gasteiger partial charge in [-0.05, 0) is 5.56 Å². The predicted molar refractivity (Wildman–Crippen MR) is 65.8 cm³/mol. The Bertz CT molecular complexity index is 416. The second-order valence-corrected chi connectivity index (χ2v) is 3.44. The monoisotopic (exact) mass is 249 g/mol. The first-order valence-electron chi connectivity index (χ1n) is 5.35. The Morgan fingerprint density at radius 1 is 1.39 bits per heavy atom. The summed E-state index contributed by atoms with van der Waals surface area (Å²) in [4.78, 5) is 22.6. The van der Waals surface area contributed by atoms with Gasteiger partial charge in [0.25, 0.3) is 0 Å². The molecule has 1 amide bonds. The van der Waals surface area contributed by atoms with Crippen LogP contribution in [-0.4, -0.2) is 25.2 Å². The van der Waals surface area contributed by atoms with Crippen molar-refractivity contribution in [3.63, 3.8) is 0 Å². The minimum atomic E-state index is -0.904. The summed E-state index contributed by atoms with van der Waals surface area (Å²) < 4.78 is 9.44. The normalized spacial score (nSPS) is 11.2. The Kier molecular flexibility index (Phi) is 5.44. The number of hydrogen-bond donors (Lipinski definition) is 1. The first kappa shape index (κ1) is 13.8. The molecule has 18 heavy (non-hydrogen) atoms. The Morgan fingerprint density at radius 3 is 2.61 bits per heavy atom. The number of amides is 1. The number of carbonyl (C=O) groups excluding carboxylic acids is 2. The fraction of sp³-hybridized carbons (Fsp3) is 0.231. The molecule has 5 heteroatoms. The van der Waals surface area contributed by atoms with Crippen LogP contribution in [0.4, 0.5) is 4.79 Å². The van der Waals surface area contributed by atoms with E-state index in [0.717, 1.165) is 5.56 Å². The van der Waals surface area contributed by atoms with E-state index in [0.29, 0.717) is 0 Å². The summed E-state index contributed by atoms with van der Waals surface area (Å²) in [7, 11) is 1.23. The van der Waals surface area contributed by atoms with Gasteiger partial charge in [-0.1, -0.05) is 36.4 Å². The Labute approximate surface area is 105 Å². The third-order valence-corrected chi connectivity index (χ3v) is 2.18. The number of carbonyl (C=O) groups is 2. The van der Waals surface area contributed by atoms with Crippen molar-refractivity contribution in [3.8, 4) is 0 Å². The molecule has 0 heterocycles. The van der Waals surface area contributed by atoms with Crippen molar-refractivity contribution in [3.05, 3.63) is 48.6 Å². The van der Waals surface area contributed by atoms with Crippen LogP contribution in [0.1, 0.15) is 5.56 Å². The number of hydrogen-bond acceptors (Lipinski definition) is 4. The summed E-state index contributed by atoms with van der Waals surface area (Å²) in [6.45, 7) is 3.57. The molecule has 0 saturated carbocycles. The molecular weight excluding hydrogens is 234 g/mol. The number of esters is 1. The molecule has 0 radical (unpaired) electrons. The first-order valence-corrected chi connectivity index (χ1v) is 5.35. The van der Waals surface area contributed by atoms with Gasteiger partial charge in [0.15, 0.2) is 0 Å². The van der Waals surface area contributed by atoms with Gasteiger partial charge in [-0.15, -0.1) is 6.58 Å². The lowest BCUT2D eigenvalue weighted by molar-refractivity contribution is -0.141. The van der Waals surface area contributed by atoms with Crippen LogP contribution >= 0.6 is 0 Å². The van der Waals surface area contributed by atoms with Crippen LogP contribution in [0, 0.1) is 0 Å². The fourth-order valence-electron chi connectivity index (χ4n) is 1.23. The molecular formula is C13H15NO4. The van der Waals surface area contributed by atoms with Gasteiger partial charge < -0.3 is 14.8 Å². The van der Waals surface area contributed by atoms with E-state index in [4.69, 9.17) is 4.74 Å². The molecule has 0 spiro atoms. The molecule has 1 atom stereocenters. The van der Waals surface area contributed by atoms with Crippen molar-refractivity contribution in [2.75, 3.05) is 7.11 Å². The topological polar surface area (TPSA) is 64.6 Å².